The van der Waals surface area contributed by atoms with E-state index in [1.807, 2.05) is 24.3 Å². The van der Waals surface area contributed by atoms with Crippen molar-refractivity contribution in [3.8, 4) is 6.07 Å². The molecule has 4 heteroatoms. The van der Waals surface area contributed by atoms with Crippen LogP contribution in [0.2, 0.25) is 0 Å². The van der Waals surface area contributed by atoms with E-state index in [1.54, 1.807) is 0 Å². The van der Waals surface area contributed by atoms with Crippen LogP contribution in [0.1, 0.15) is 25.0 Å². The largest absolute Gasteiger partial charge is 0.311 e. The van der Waals surface area contributed by atoms with Gasteiger partial charge in [-0.25, -0.2) is 0 Å². The fourth-order valence-corrected chi connectivity index (χ4v) is 2.81. The average Bonchev–Trinajstić information content (AvgIpc) is 2.48. The summed E-state index contributed by atoms with van der Waals surface area (Å²) in [7, 11) is 2.18. The Morgan fingerprint density at radius 2 is 1.86 bits per heavy atom. The maximum Gasteiger partial charge on any atom is 0.0995 e. The first-order valence-electron chi connectivity index (χ1n) is 7.65. The predicted molar refractivity (Wildman–Crippen MR) is 86.0 cm³/mol. The number of nitriles is 1. The summed E-state index contributed by atoms with van der Waals surface area (Å²) in [4.78, 5) is 4.93. The fraction of sp³-hybridized carbons (Fsp3) is 0.588. The summed E-state index contributed by atoms with van der Waals surface area (Å²) in [6.45, 7) is 10.8. The van der Waals surface area contributed by atoms with E-state index in [-0.39, 0.29) is 5.54 Å². The van der Waals surface area contributed by atoms with Crippen molar-refractivity contribution in [1.82, 2.24) is 15.1 Å². The van der Waals surface area contributed by atoms with E-state index in [0.29, 0.717) is 0 Å². The van der Waals surface area contributed by atoms with Crippen LogP contribution in [0.3, 0.4) is 0 Å². The van der Waals surface area contributed by atoms with Crippen molar-refractivity contribution in [2.24, 2.45) is 0 Å². The summed E-state index contributed by atoms with van der Waals surface area (Å²) in [6.07, 6.45) is 0. The van der Waals surface area contributed by atoms with Crippen molar-refractivity contribution in [2.45, 2.75) is 25.9 Å². The van der Waals surface area contributed by atoms with Crippen LogP contribution in [0.25, 0.3) is 0 Å². The van der Waals surface area contributed by atoms with Crippen LogP contribution in [0.5, 0.6) is 0 Å². The minimum absolute atomic E-state index is 0.142. The first-order chi connectivity index (χ1) is 10.0. The fourth-order valence-electron chi connectivity index (χ4n) is 2.81. The molecule has 21 heavy (non-hydrogen) atoms. The van der Waals surface area contributed by atoms with Gasteiger partial charge in [0.05, 0.1) is 11.6 Å². The highest BCUT2D eigenvalue weighted by molar-refractivity contribution is 5.37. The molecule has 0 atom stereocenters. The monoisotopic (exact) mass is 286 g/mol. The van der Waals surface area contributed by atoms with E-state index in [2.05, 4.69) is 42.1 Å². The van der Waals surface area contributed by atoms with Crippen LogP contribution in [0.15, 0.2) is 24.3 Å². The summed E-state index contributed by atoms with van der Waals surface area (Å²) in [5.74, 6) is 0. The summed E-state index contributed by atoms with van der Waals surface area (Å²) < 4.78 is 0. The smallest absolute Gasteiger partial charge is 0.0995 e. The van der Waals surface area contributed by atoms with E-state index < -0.39 is 0 Å². The van der Waals surface area contributed by atoms with Gasteiger partial charge in [-0.15, -0.1) is 0 Å². The lowest BCUT2D eigenvalue weighted by Gasteiger charge is -2.43. The number of likely N-dealkylation sites (N-methyl/N-ethyl adjacent to an activating group) is 1. The maximum absolute atomic E-state index is 9.12. The first-order valence-corrected chi connectivity index (χ1v) is 7.65. The van der Waals surface area contributed by atoms with Gasteiger partial charge >= 0.3 is 0 Å². The predicted octanol–water partition coefficient (Wildman–Crippen LogP) is 1.67. The minimum Gasteiger partial charge on any atom is -0.311 e. The molecule has 2 rings (SSSR count). The van der Waals surface area contributed by atoms with Crippen molar-refractivity contribution in [3.63, 3.8) is 0 Å². The lowest BCUT2D eigenvalue weighted by molar-refractivity contribution is 0.0618. The van der Waals surface area contributed by atoms with Gasteiger partial charge in [-0.05, 0) is 32.5 Å². The number of rotatable bonds is 5. The topological polar surface area (TPSA) is 42.3 Å². The van der Waals surface area contributed by atoms with E-state index >= 15 is 0 Å². The second-order valence-electron chi connectivity index (χ2n) is 6.48. The Kier molecular flexibility index (Phi) is 5.35. The summed E-state index contributed by atoms with van der Waals surface area (Å²) in [5, 5.41) is 12.6. The molecule has 0 amide bonds. The van der Waals surface area contributed by atoms with Crippen LogP contribution >= 0.6 is 0 Å². The van der Waals surface area contributed by atoms with E-state index in [1.165, 1.54) is 0 Å². The highest BCUT2D eigenvalue weighted by Gasteiger charge is 2.28. The number of nitrogens with zero attached hydrogens (tertiary/aromatic N) is 3. The Morgan fingerprint density at radius 3 is 2.52 bits per heavy atom. The number of piperazine rings is 1. The van der Waals surface area contributed by atoms with Gasteiger partial charge in [0.2, 0.25) is 0 Å². The van der Waals surface area contributed by atoms with Crippen LogP contribution in [-0.2, 0) is 6.54 Å². The van der Waals surface area contributed by atoms with Crippen molar-refractivity contribution < 1.29 is 0 Å². The molecule has 1 aliphatic rings. The van der Waals surface area contributed by atoms with E-state index in [4.69, 9.17) is 5.26 Å². The molecule has 1 aromatic rings. The number of hydrogen-bond acceptors (Lipinski definition) is 4. The minimum atomic E-state index is 0.142. The molecule has 1 heterocycles. The second kappa shape index (κ2) is 7.04. The lowest BCUT2D eigenvalue weighted by Crippen LogP contribution is -2.57. The quantitative estimate of drug-likeness (QED) is 0.894. The number of nitrogens with one attached hydrogen (secondary N) is 1. The van der Waals surface area contributed by atoms with Gasteiger partial charge in [-0.2, -0.15) is 5.26 Å². The van der Waals surface area contributed by atoms with Gasteiger partial charge in [0.1, 0.15) is 0 Å². The second-order valence-corrected chi connectivity index (χ2v) is 6.48. The van der Waals surface area contributed by atoms with Gasteiger partial charge in [-0.1, -0.05) is 18.2 Å². The molecule has 0 saturated carbocycles. The SMILES string of the molecule is CN1CCN(C(C)(C)CNCc2ccccc2C#N)CC1. The van der Waals surface area contributed by atoms with Crippen molar-refractivity contribution in [2.75, 3.05) is 39.8 Å². The zero-order valence-electron chi connectivity index (χ0n) is 13.4. The number of benzene rings is 1. The molecule has 0 spiro atoms. The Labute approximate surface area is 128 Å². The Hall–Kier alpha value is -1.41. The highest BCUT2D eigenvalue weighted by atomic mass is 15.3. The number of hydrogen-bond donors (Lipinski definition) is 1. The van der Waals surface area contributed by atoms with Crippen LogP contribution < -0.4 is 5.32 Å². The molecule has 0 aromatic heterocycles. The summed E-state index contributed by atoms with van der Waals surface area (Å²) >= 11 is 0. The van der Waals surface area contributed by atoms with Crippen LogP contribution in [-0.4, -0.2) is 55.1 Å². The normalized spacial score (nSPS) is 17.6. The molecule has 1 saturated heterocycles. The summed E-state index contributed by atoms with van der Waals surface area (Å²) in [5.41, 5.74) is 1.99. The molecule has 0 radical (unpaired) electrons. The lowest BCUT2D eigenvalue weighted by atomic mass is 10.0. The standard InChI is InChI=1S/C17H26N4/c1-17(2,21-10-8-20(3)9-11-21)14-19-13-16-7-5-4-6-15(16)12-18/h4-7,19H,8-11,13-14H2,1-3H3. The zero-order valence-corrected chi connectivity index (χ0v) is 13.4. The molecular weight excluding hydrogens is 260 g/mol. The third kappa shape index (κ3) is 4.28. The highest BCUT2D eigenvalue weighted by Crippen LogP contribution is 2.16. The molecule has 1 aromatic carbocycles. The molecule has 1 N–H and O–H groups in total. The van der Waals surface area contributed by atoms with Gasteiger partial charge in [0.25, 0.3) is 0 Å². The Bertz CT molecular complexity index is 496. The first kappa shape index (κ1) is 16.0. The molecule has 114 valence electrons. The van der Waals surface area contributed by atoms with Crippen LogP contribution in [0, 0.1) is 11.3 Å². The van der Waals surface area contributed by atoms with Gasteiger partial charge in [-0.3, -0.25) is 4.90 Å². The van der Waals surface area contributed by atoms with E-state index in [9.17, 15) is 0 Å². The molecule has 4 nitrogen and oxygen atoms in total. The van der Waals surface area contributed by atoms with Crippen molar-refractivity contribution in [3.05, 3.63) is 35.4 Å². The third-order valence-electron chi connectivity index (χ3n) is 4.37. The zero-order chi connectivity index (χ0) is 15.3. The molecular formula is C17H26N4. The van der Waals surface area contributed by atoms with E-state index in [0.717, 1.165) is 50.4 Å². The molecule has 1 fully saturated rings. The van der Waals surface area contributed by atoms with Crippen molar-refractivity contribution >= 4 is 0 Å². The van der Waals surface area contributed by atoms with Gasteiger partial charge < -0.3 is 10.2 Å². The average molecular weight is 286 g/mol. The Balaban J connectivity index is 1.86. The maximum atomic E-state index is 9.12. The van der Waals surface area contributed by atoms with Crippen LogP contribution in [0.4, 0.5) is 0 Å². The third-order valence-corrected chi connectivity index (χ3v) is 4.37. The van der Waals surface area contributed by atoms with Gasteiger partial charge in [0, 0.05) is 44.8 Å². The Morgan fingerprint density at radius 1 is 1.19 bits per heavy atom. The molecule has 1 aliphatic heterocycles. The summed E-state index contributed by atoms with van der Waals surface area (Å²) in [6, 6.07) is 10.1. The molecule has 0 unspecified atom stereocenters. The van der Waals surface area contributed by atoms with Crippen molar-refractivity contribution in [1.29, 1.82) is 5.26 Å². The molecule has 0 aliphatic carbocycles. The molecule has 0 bridgehead atoms. The van der Waals surface area contributed by atoms with Gasteiger partial charge in [0.15, 0.2) is 0 Å².